The number of fused-ring (bicyclic) bond motifs is 2. The van der Waals surface area contributed by atoms with E-state index in [2.05, 4.69) is 69.2 Å². The van der Waals surface area contributed by atoms with E-state index in [9.17, 15) is 0 Å². The largest absolute Gasteiger partial charge is 0.343 e. The third-order valence-electron chi connectivity index (χ3n) is 5.20. The lowest BCUT2D eigenvalue weighted by Crippen LogP contribution is -2.65. The Labute approximate surface area is 133 Å². The molecule has 2 atom stereocenters. The second-order valence-electron chi connectivity index (χ2n) is 9.95. The third kappa shape index (κ3) is 1.88. The van der Waals surface area contributed by atoms with Crippen molar-refractivity contribution >= 4 is 21.6 Å². The van der Waals surface area contributed by atoms with Crippen molar-refractivity contribution in [2.75, 3.05) is 0 Å². The maximum atomic E-state index is 7.06. The number of hydrogen-bond donors (Lipinski definition) is 0. The van der Waals surface area contributed by atoms with Gasteiger partial charge in [-0.1, -0.05) is 90.8 Å². The van der Waals surface area contributed by atoms with E-state index in [-0.39, 0.29) is 31.5 Å². The molecular weight excluding hydrogens is 284 g/mol. The first-order valence-corrected chi connectivity index (χ1v) is 9.84. The van der Waals surface area contributed by atoms with Crippen molar-refractivity contribution in [3.63, 3.8) is 0 Å². The van der Waals surface area contributed by atoms with Crippen LogP contribution in [0.3, 0.4) is 0 Å². The predicted octanol–water partition coefficient (Wildman–Crippen LogP) is 6.34. The molecule has 20 heavy (non-hydrogen) atoms. The van der Waals surface area contributed by atoms with E-state index < -0.39 is 0 Å². The summed E-state index contributed by atoms with van der Waals surface area (Å²) < 4.78 is 7.06. The molecule has 2 saturated heterocycles. The quantitative estimate of drug-likeness (QED) is 0.483. The van der Waals surface area contributed by atoms with E-state index in [1.807, 2.05) is 21.6 Å². The maximum absolute atomic E-state index is 7.06. The van der Waals surface area contributed by atoms with Crippen molar-refractivity contribution < 1.29 is 4.74 Å². The van der Waals surface area contributed by atoms with Crippen LogP contribution in [-0.4, -0.2) is 9.87 Å². The minimum absolute atomic E-state index is 0.118. The molecule has 0 N–H and O–H groups in total. The summed E-state index contributed by atoms with van der Waals surface area (Å²) in [4.78, 5) is -0.235. The summed E-state index contributed by atoms with van der Waals surface area (Å²) in [6, 6.07) is 0. The first kappa shape index (κ1) is 17.0. The van der Waals surface area contributed by atoms with Crippen LogP contribution in [0.25, 0.3) is 0 Å². The Morgan fingerprint density at radius 3 is 1.25 bits per heavy atom. The lowest BCUT2D eigenvalue weighted by Gasteiger charge is -2.63. The molecule has 0 radical (unpaired) electrons. The van der Waals surface area contributed by atoms with Crippen molar-refractivity contribution in [1.29, 1.82) is 0 Å². The van der Waals surface area contributed by atoms with Gasteiger partial charge in [0.25, 0.3) is 0 Å². The minimum Gasteiger partial charge on any atom is -0.343 e. The fraction of sp³-hybridized carbons (Fsp3) is 1.00. The molecule has 0 saturated carbocycles. The van der Waals surface area contributed by atoms with Gasteiger partial charge in [0.05, 0.1) is 0 Å². The van der Waals surface area contributed by atoms with Crippen LogP contribution in [-0.2, 0) is 4.74 Å². The van der Waals surface area contributed by atoms with Crippen molar-refractivity contribution in [2.45, 2.75) is 85.5 Å². The smallest absolute Gasteiger partial charge is 0.135 e. The summed E-state index contributed by atoms with van der Waals surface area (Å²) in [5, 5.41) is 0. The summed E-state index contributed by atoms with van der Waals surface area (Å²) in [5.41, 5.74) is 0.574. The van der Waals surface area contributed by atoms with Crippen LogP contribution in [0.2, 0.25) is 0 Å². The Bertz CT molecular complexity index is 376. The van der Waals surface area contributed by atoms with Crippen molar-refractivity contribution in [2.24, 2.45) is 21.7 Å². The molecule has 0 spiro atoms. The second kappa shape index (κ2) is 4.14. The van der Waals surface area contributed by atoms with Gasteiger partial charge < -0.3 is 4.74 Å². The van der Waals surface area contributed by atoms with Gasteiger partial charge in [-0.25, -0.2) is 0 Å². The summed E-state index contributed by atoms with van der Waals surface area (Å²) in [6.45, 7) is 23.6. The first-order valence-electron chi connectivity index (χ1n) is 7.69. The van der Waals surface area contributed by atoms with Crippen LogP contribution in [0, 0.1) is 21.7 Å². The minimum atomic E-state index is -0.118. The number of rotatable bonds is 0. The van der Waals surface area contributed by atoms with Crippen LogP contribution in [0.15, 0.2) is 0 Å². The van der Waals surface area contributed by atoms with Gasteiger partial charge in [0.15, 0.2) is 0 Å². The lowest BCUT2D eigenvalue weighted by molar-refractivity contribution is -0.268. The van der Waals surface area contributed by atoms with Gasteiger partial charge in [-0.15, -0.1) is 0 Å². The fourth-order valence-corrected chi connectivity index (χ4v) is 10.2. The highest BCUT2D eigenvalue weighted by atomic mass is 33.1. The molecule has 0 aliphatic carbocycles. The lowest BCUT2D eigenvalue weighted by atomic mass is 9.58. The van der Waals surface area contributed by atoms with Gasteiger partial charge in [0.2, 0.25) is 0 Å². The highest BCUT2D eigenvalue weighted by Gasteiger charge is 2.74. The predicted molar refractivity (Wildman–Crippen MR) is 92.8 cm³/mol. The zero-order valence-electron chi connectivity index (χ0n) is 14.9. The van der Waals surface area contributed by atoms with Crippen LogP contribution >= 0.6 is 21.6 Å². The van der Waals surface area contributed by atoms with E-state index in [0.717, 1.165) is 0 Å². The standard InChI is InChI=1S/C17H32OS2/c1-12(2,3)16-14(7,8)11-15(9,10)17(18-16,20-19-16)13(4,5)6/h11H2,1-10H3. The van der Waals surface area contributed by atoms with E-state index in [4.69, 9.17) is 4.74 Å². The highest BCUT2D eigenvalue weighted by molar-refractivity contribution is 8.78. The molecule has 0 aromatic carbocycles. The average molecular weight is 317 g/mol. The highest BCUT2D eigenvalue weighted by Crippen LogP contribution is 2.79. The van der Waals surface area contributed by atoms with Gasteiger partial charge in [0, 0.05) is 21.7 Å². The van der Waals surface area contributed by atoms with E-state index >= 15 is 0 Å². The van der Waals surface area contributed by atoms with Crippen molar-refractivity contribution in [1.82, 2.24) is 0 Å². The third-order valence-corrected chi connectivity index (χ3v) is 9.91. The van der Waals surface area contributed by atoms with E-state index in [0.29, 0.717) is 0 Å². The molecule has 2 rings (SSSR count). The zero-order valence-corrected chi connectivity index (χ0v) is 16.6. The fourth-order valence-electron chi connectivity index (χ4n) is 4.78. The molecule has 0 aromatic heterocycles. The first-order chi connectivity index (χ1) is 8.62. The van der Waals surface area contributed by atoms with Gasteiger partial charge >= 0.3 is 0 Å². The Morgan fingerprint density at radius 2 is 1.00 bits per heavy atom. The number of hydrogen-bond acceptors (Lipinski definition) is 3. The van der Waals surface area contributed by atoms with Crippen LogP contribution < -0.4 is 0 Å². The van der Waals surface area contributed by atoms with Gasteiger partial charge in [-0.05, 0) is 6.42 Å². The van der Waals surface area contributed by atoms with Crippen LogP contribution in [0.4, 0.5) is 0 Å². The summed E-state index contributed by atoms with van der Waals surface area (Å²) in [6.07, 6.45) is 1.20. The van der Waals surface area contributed by atoms with E-state index in [1.165, 1.54) is 6.42 Å². The number of ether oxygens (including phenoxy) is 1. The molecule has 3 heteroatoms. The molecule has 2 bridgehead atoms. The summed E-state index contributed by atoms with van der Waals surface area (Å²) in [7, 11) is 3.99. The molecule has 2 unspecified atom stereocenters. The van der Waals surface area contributed by atoms with Crippen molar-refractivity contribution in [3.05, 3.63) is 0 Å². The summed E-state index contributed by atoms with van der Waals surface area (Å²) >= 11 is 0. The summed E-state index contributed by atoms with van der Waals surface area (Å²) in [5.74, 6) is 0. The molecule has 0 aromatic rings. The Hall–Kier alpha value is 0.660. The monoisotopic (exact) mass is 316 g/mol. The average Bonchev–Trinajstić information content (AvgIpc) is 2.52. The molecular formula is C17H32OS2. The van der Waals surface area contributed by atoms with Crippen LogP contribution in [0.5, 0.6) is 0 Å². The van der Waals surface area contributed by atoms with Gasteiger partial charge in [-0.3, -0.25) is 0 Å². The van der Waals surface area contributed by atoms with Crippen LogP contribution in [0.1, 0.15) is 75.7 Å². The van der Waals surface area contributed by atoms with Gasteiger partial charge in [-0.2, -0.15) is 0 Å². The molecule has 118 valence electrons. The molecule has 0 amide bonds. The molecule has 2 aliphatic heterocycles. The Morgan fingerprint density at radius 1 is 0.700 bits per heavy atom. The molecule has 1 nitrogen and oxygen atoms in total. The zero-order chi connectivity index (χ0) is 15.8. The molecule has 2 aliphatic rings. The van der Waals surface area contributed by atoms with Crippen molar-refractivity contribution in [3.8, 4) is 0 Å². The molecule has 2 fully saturated rings. The van der Waals surface area contributed by atoms with E-state index in [1.54, 1.807) is 0 Å². The topological polar surface area (TPSA) is 9.23 Å². The Balaban J connectivity index is 2.63. The normalized spacial score (nSPS) is 39.9. The molecule has 2 heterocycles. The second-order valence-corrected chi connectivity index (χ2v) is 12.4. The SMILES string of the molecule is CC(C)(C)C12OC(C(C)(C)C)(SS1)C(C)(C)CC2(C)C. The Kier molecular flexibility index (Phi) is 3.52. The van der Waals surface area contributed by atoms with Gasteiger partial charge in [0.1, 0.15) is 9.87 Å². The maximum Gasteiger partial charge on any atom is 0.135 e.